The third-order valence-corrected chi connectivity index (χ3v) is 4.59. The number of benzene rings is 1. The molecular weight excluding hydrogens is 275 g/mol. The van der Waals surface area contributed by atoms with Gasteiger partial charge in [-0.25, -0.2) is 4.39 Å². The number of rotatable bonds is 6. The molecule has 112 valence electrons. The molecule has 0 unspecified atom stereocenters. The first kappa shape index (κ1) is 15.8. The van der Waals surface area contributed by atoms with Crippen molar-refractivity contribution < 1.29 is 9.13 Å². The molecule has 0 N–H and O–H groups in total. The molecule has 0 aromatic heterocycles. The van der Waals surface area contributed by atoms with Gasteiger partial charge in [0, 0.05) is 13.2 Å². The highest BCUT2D eigenvalue weighted by Gasteiger charge is 2.22. The van der Waals surface area contributed by atoms with Crippen LogP contribution in [0.5, 0.6) is 0 Å². The predicted molar refractivity (Wildman–Crippen MR) is 81.8 cm³/mol. The fourth-order valence-corrected chi connectivity index (χ4v) is 3.16. The smallest absolute Gasteiger partial charge is 0.142 e. The molecule has 1 aliphatic rings. The van der Waals surface area contributed by atoms with Gasteiger partial charge in [-0.05, 0) is 68.1 Å². The minimum atomic E-state index is -0.292. The molecular formula is C17H24ClFO. The summed E-state index contributed by atoms with van der Waals surface area (Å²) >= 11 is 5.74. The zero-order valence-corrected chi connectivity index (χ0v) is 13.0. The molecule has 1 fully saturated rings. The Kier molecular flexibility index (Phi) is 6.31. The average molecular weight is 299 g/mol. The van der Waals surface area contributed by atoms with Crippen LogP contribution in [-0.2, 0) is 4.74 Å². The monoisotopic (exact) mass is 298 g/mol. The normalized spacial score (nSPS) is 22.9. The van der Waals surface area contributed by atoms with E-state index in [-0.39, 0.29) is 10.8 Å². The van der Waals surface area contributed by atoms with E-state index in [9.17, 15) is 4.39 Å². The van der Waals surface area contributed by atoms with Crippen molar-refractivity contribution in [3.05, 3.63) is 34.6 Å². The summed E-state index contributed by atoms with van der Waals surface area (Å²) < 4.78 is 19.1. The zero-order chi connectivity index (χ0) is 14.4. The van der Waals surface area contributed by atoms with Crippen LogP contribution in [0.15, 0.2) is 18.2 Å². The van der Waals surface area contributed by atoms with E-state index in [1.807, 2.05) is 6.07 Å². The van der Waals surface area contributed by atoms with E-state index < -0.39 is 0 Å². The van der Waals surface area contributed by atoms with E-state index in [0.29, 0.717) is 5.92 Å². The minimum absolute atomic E-state index is 0.218. The topological polar surface area (TPSA) is 9.23 Å². The standard InChI is InChI=1S/C17H24ClFO/c1-2-10-20-11-9-13-3-5-14(6-4-13)15-7-8-16(18)17(19)12-15/h7-8,12-14H,2-6,9-11H2,1H3/t13-,14-. The third-order valence-electron chi connectivity index (χ3n) is 4.28. The molecule has 1 nitrogen and oxygen atoms in total. The van der Waals surface area contributed by atoms with Gasteiger partial charge >= 0.3 is 0 Å². The average Bonchev–Trinajstić information content (AvgIpc) is 2.47. The van der Waals surface area contributed by atoms with Gasteiger partial charge in [-0.1, -0.05) is 24.6 Å². The van der Waals surface area contributed by atoms with Crippen LogP contribution < -0.4 is 0 Å². The van der Waals surface area contributed by atoms with Gasteiger partial charge in [0.25, 0.3) is 0 Å². The van der Waals surface area contributed by atoms with E-state index in [2.05, 4.69) is 6.92 Å². The van der Waals surface area contributed by atoms with Gasteiger partial charge in [0.2, 0.25) is 0 Å². The first-order valence-corrected chi connectivity index (χ1v) is 8.11. The molecule has 0 radical (unpaired) electrons. The Bertz CT molecular complexity index is 413. The molecule has 1 aliphatic carbocycles. The maximum absolute atomic E-state index is 13.5. The molecule has 0 bridgehead atoms. The Morgan fingerprint density at radius 1 is 1.20 bits per heavy atom. The summed E-state index contributed by atoms with van der Waals surface area (Å²) in [6, 6.07) is 5.26. The van der Waals surface area contributed by atoms with Crippen molar-refractivity contribution in [3.63, 3.8) is 0 Å². The SMILES string of the molecule is CCCOCC[C@H]1CC[C@H](c2ccc(Cl)c(F)c2)CC1. The largest absolute Gasteiger partial charge is 0.381 e. The van der Waals surface area contributed by atoms with Crippen molar-refractivity contribution in [2.24, 2.45) is 5.92 Å². The lowest BCUT2D eigenvalue weighted by molar-refractivity contribution is 0.113. The molecule has 3 heteroatoms. The molecule has 0 spiro atoms. The minimum Gasteiger partial charge on any atom is -0.381 e. The highest BCUT2D eigenvalue weighted by Crippen LogP contribution is 2.37. The summed E-state index contributed by atoms with van der Waals surface area (Å²) in [4.78, 5) is 0. The summed E-state index contributed by atoms with van der Waals surface area (Å²) in [6.07, 6.45) is 7.02. The molecule has 1 aromatic carbocycles. The first-order valence-electron chi connectivity index (χ1n) is 7.73. The van der Waals surface area contributed by atoms with Gasteiger partial charge in [0.15, 0.2) is 0 Å². The third kappa shape index (κ3) is 4.46. The molecule has 0 saturated heterocycles. The highest BCUT2D eigenvalue weighted by atomic mass is 35.5. The van der Waals surface area contributed by atoms with Crippen LogP contribution in [0.1, 0.15) is 56.9 Å². The lowest BCUT2D eigenvalue weighted by Gasteiger charge is -2.28. The summed E-state index contributed by atoms with van der Waals surface area (Å²) in [5.41, 5.74) is 1.10. The van der Waals surface area contributed by atoms with Crippen molar-refractivity contribution in [1.29, 1.82) is 0 Å². The van der Waals surface area contributed by atoms with Crippen molar-refractivity contribution >= 4 is 11.6 Å². The van der Waals surface area contributed by atoms with Gasteiger partial charge in [-0.15, -0.1) is 0 Å². The number of ether oxygens (including phenoxy) is 1. The van der Waals surface area contributed by atoms with Crippen LogP contribution in [0.4, 0.5) is 4.39 Å². The lowest BCUT2D eigenvalue weighted by Crippen LogP contribution is -2.15. The van der Waals surface area contributed by atoms with Gasteiger partial charge < -0.3 is 4.74 Å². The van der Waals surface area contributed by atoms with Crippen LogP contribution in [0.2, 0.25) is 5.02 Å². The van der Waals surface area contributed by atoms with E-state index in [4.69, 9.17) is 16.3 Å². The fraction of sp³-hybridized carbons (Fsp3) is 0.647. The first-order chi connectivity index (χ1) is 9.70. The number of hydrogen-bond donors (Lipinski definition) is 0. The van der Waals surface area contributed by atoms with Crippen LogP contribution in [-0.4, -0.2) is 13.2 Å². The summed E-state index contributed by atoms with van der Waals surface area (Å²) in [5.74, 6) is 0.981. The van der Waals surface area contributed by atoms with Crippen LogP contribution >= 0.6 is 11.6 Å². The highest BCUT2D eigenvalue weighted by molar-refractivity contribution is 6.30. The van der Waals surface area contributed by atoms with Crippen molar-refractivity contribution in [2.75, 3.05) is 13.2 Å². The maximum atomic E-state index is 13.5. The van der Waals surface area contributed by atoms with Crippen LogP contribution in [0, 0.1) is 11.7 Å². The Balaban J connectivity index is 1.77. The van der Waals surface area contributed by atoms with E-state index in [0.717, 1.165) is 44.0 Å². The molecule has 2 rings (SSSR count). The summed E-state index contributed by atoms with van der Waals surface area (Å²) in [6.45, 7) is 3.90. The molecule has 1 aromatic rings. The second kappa shape index (κ2) is 7.99. The molecule has 0 heterocycles. The molecule has 1 saturated carbocycles. The Morgan fingerprint density at radius 3 is 2.60 bits per heavy atom. The Hall–Kier alpha value is -0.600. The number of hydrogen-bond acceptors (Lipinski definition) is 1. The van der Waals surface area contributed by atoms with Crippen molar-refractivity contribution in [1.82, 2.24) is 0 Å². The second-order valence-corrected chi connectivity index (χ2v) is 6.20. The Morgan fingerprint density at radius 2 is 1.95 bits per heavy atom. The predicted octanol–water partition coefficient (Wildman–Crippen LogP) is 5.57. The summed E-state index contributed by atoms with van der Waals surface area (Å²) in [7, 11) is 0. The van der Waals surface area contributed by atoms with Crippen molar-refractivity contribution in [2.45, 2.75) is 51.4 Å². The Labute approximate surface area is 126 Å². The molecule has 0 aliphatic heterocycles. The van der Waals surface area contributed by atoms with Crippen molar-refractivity contribution in [3.8, 4) is 0 Å². The zero-order valence-electron chi connectivity index (χ0n) is 12.2. The van der Waals surface area contributed by atoms with E-state index >= 15 is 0 Å². The van der Waals surface area contributed by atoms with Crippen LogP contribution in [0.25, 0.3) is 0 Å². The maximum Gasteiger partial charge on any atom is 0.142 e. The number of halogens is 2. The van der Waals surface area contributed by atoms with Gasteiger partial charge in [0.1, 0.15) is 5.82 Å². The fourth-order valence-electron chi connectivity index (χ4n) is 3.05. The van der Waals surface area contributed by atoms with Crippen LogP contribution in [0.3, 0.4) is 0 Å². The van der Waals surface area contributed by atoms with Gasteiger partial charge in [-0.2, -0.15) is 0 Å². The molecule has 20 heavy (non-hydrogen) atoms. The van der Waals surface area contributed by atoms with Gasteiger partial charge in [-0.3, -0.25) is 0 Å². The molecule has 0 amide bonds. The lowest BCUT2D eigenvalue weighted by atomic mass is 9.78. The van der Waals surface area contributed by atoms with E-state index in [1.165, 1.54) is 19.3 Å². The van der Waals surface area contributed by atoms with Gasteiger partial charge in [0.05, 0.1) is 5.02 Å². The second-order valence-electron chi connectivity index (χ2n) is 5.79. The quantitative estimate of drug-likeness (QED) is 0.624. The summed E-state index contributed by atoms with van der Waals surface area (Å²) in [5, 5.41) is 0.218. The molecule has 0 atom stereocenters. The van der Waals surface area contributed by atoms with E-state index in [1.54, 1.807) is 12.1 Å².